The Labute approximate surface area is 121 Å². The molecule has 2 rings (SSSR count). The zero-order chi connectivity index (χ0) is 14.5. The van der Waals surface area contributed by atoms with Crippen LogP contribution in [-0.2, 0) is 13.2 Å². The van der Waals surface area contributed by atoms with Crippen molar-refractivity contribution in [3.63, 3.8) is 0 Å². The number of aliphatic hydroxyl groups excluding tert-OH is 1. The van der Waals surface area contributed by atoms with Crippen molar-refractivity contribution >= 4 is 23.0 Å². The Morgan fingerprint density at radius 3 is 2.40 bits per heavy atom. The molecule has 0 aromatic heterocycles. The van der Waals surface area contributed by atoms with Gasteiger partial charge >= 0.3 is 5.69 Å². The Morgan fingerprint density at radius 2 is 1.80 bits per heavy atom. The molecule has 0 aliphatic heterocycles. The first-order chi connectivity index (χ1) is 9.61. The monoisotopic (exact) mass is 292 g/mol. The molecule has 6 heteroatoms. The number of benzene rings is 2. The summed E-state index contributed by atoms with van der Waals surface area (Å²) in [6.45, 7) is 0.431. The molecule has 2 N–H and O–H groups in total. The van der Waals surface area contributed by atoms with E-state index in [0.29, 0.717) is 12.2 Å². The van der Waals surface area contributed by atoms with Crippen LogP contribution in [0, 0.1) is 10.1 Å². The fourth-order valence-electron chi connectivity index (χ4n) is 1.80. The summed E-state index contributed by atoms with van der Waals surface area (Å²) in [5.74, 6) is 0. The highest BCUT2D eigenvalue weighted by atomic mass is 35.5. The molecule has 104 valence electrons. The predicted molar refractivity (Wildman–Crippen MR) is 77.8 cm³/mol. The lowest BCUT2D eigenvalue weighted by molar-refractivity contribution is -0.383. The van der Waals surface area contributed by atoms with E-state index in [9.17, 15) is 10.1 Å². The van der Waals surface area contributed by atoms with Crippen molar-refractivity contribution in [3.05, 3.63) is 68.7 Å². The predicted octanol–water partition coefficient (Wildman–Crippen LogP) is 3.35. The molecular formula is C14H13ClN2O3. The first-order valence-corrected chi connectivity index (χ1v) is 6.35. The molecule has 0 aliphatic carbocycles. The van der Waals surface area contributed by atoms with Gasteiger partial charge in [0.25, 0.3) is 0 Å². The number of hydrogen-bond acceptors (Lipinski definition) is 4. The van der Waals surface area contributed by atoms with Crippen molar-refractivity contribution in [1.29, 1.82) is 0 Å². The number of nitrogens with zero attached hydrogens (tertiary/aromatic N) is 1. The van der Waals surface area contributed by atoms with Crippen molar-refractivity contribution in [2.24, 2.45) is 0 Å². The average molecular weight is 293 g/mol. The lowest BCUT2D eigenvalue weighted by Gasteiger charge is -2.08. The van der Waals surface area contributed by atoms with Crippen molar-refractivity contribution in [2.75, 3.05) is 5.32 Å². The summed E-state index contributed by atoms with van der Waals surface area (Å²) in [7, 11) is 0. The van der Waals surface area contributed by atoms with Crippen molar-refractivity contribution < 1.29 is 10.0 Å². The number of anilines is 1. The maximum absolute atomic E-state index is 11.0. The SMILES string of the molecule is O=[N+]([O-])c1c(Cl)cccc1NCc1ccc(CO)cc1. The van der Waals surface area contributed by atoms with Gasteiger partial charge in [0.15, 0.2) is 0 Å². The van der Waals surface area contributed by atoms with Crippen molar-refractivity contribution in [1.82, 2.24) is 0 Å². The lowest BCUT2D eigenvalue weighted by Crippen LogP contribution is -2.03. The first-order valence-electron chi connectivity index (χ1n) is 5.97. The van der Waals surface area contributed by atoms with E-state index >= 15 is 0 Å². The van der Waals surface area contributed by atoms with Gasteiger partial charge in [0, 0.05) is 6.54 Å². The fraction of sp³-hybridized carbons (Fsp3) is 0.143. The summed E-state index contributed by atoms with van der Waals surface area (Å²) >= 11 is 5.84. The highest BCUT2D eigenvalue weighted by Crippen LogP contribution is 2.32. The van der Waals surface area contributed by atoms with Gasteiger partial charge < -0.3 is 10.4 Å². The molecular weight excluding hydrogens is 280 g/mol. The fourth-order valence-corrected chi connectivity index (χ4v) is 2.05. The maximum atomic E-state index is 11.0. The molecule has 2 aromatic rings. The number of nitro groups is 1. The highest BCUT2D eigenvalue weighted by molar-refractivity contribution is 6.33. The number of aliphatic hydroxyl groups is 1. The Balaban J connectivity index is 2.14. The minimum Gasteiger partial charge on any atom is -0.392 e. The van der Waals surface area contributed by atoms with E-state index in [-0.39, 0.29) is 17.3 Å². The summed E-state index contributed by atoms with van der Waals surface area (Å²) in [6.07, 6.45) is 0. The van der Waals surface area contributed by atoms with Crippen LogP contribution in [0.15, 0.2) is 42.5 Å². The second-order valence-electron chi connectivity index (χ2n) is 4.22. The van der Waals surface area contributed by atoms with Gasteiger partial charge in [-0.2, -0.15) is 0 Å². The molecule has 0 saturated heterocycles. The van der Waals surface area contributed by atoms with Crippen LogP contribution < -0.4 is 5.32 Å². The quantitative estimate of drug-likeness (QED) is 0.654. The molecule has 0 amide bonds. The van der Waals surface area contributed by atoms with E-state index in [1.807, 2.05) is 24.3 Å². The lowest BCUT2D eigenvalue weighted by atomic mass is 10.1. The molecule has 5 nitrogen and oxygen atoms in total. The van der Waals surface area contributed by atoms with Gasteiger partial charge in [0.2, 0.25) is 0 Å². The van der Waals surface area contributed by atoms with Gasteiger partial charge in [-0.25, -0.2) is 0 Å². The molecule has 0 radical (unpaired) electrons. The zero-order valence-corrected chi connectivity index (χ0v) is 11.3. The standard InChI is InChI=1S/C14H13ClN2O3/c15-12-2-1-3-13(14(12)17(19)20)16-8-10-4-6-11(9-18)7-5-10/h1-7,16,18H,8-9H2. The summed E-state index contributed by atoms with van der Waals surface area (Å²) in [5, 5.41) is 23.1. The van der Waals surface area contributed by atoms with Gasteiger partial charge in [-0.15, -0.1) is 0 Å². The molecule has 0 saturated carbocycles. The van der Waals surface area contributed by atoms with E-state index in [4.69, 9.17) is 16.7 Å². The van der Waals surface area contributed by atoms with Crippen LogP contribution in [0.25, 0.3) is 0 Å². The van der Waals surface area contributed by atoms with Crippen molar-refractivity contribution in [3.8, 4) is 0 Å². The largest absolute Gasteiger partial charge is 0.392 e. The van der Waals surface area contributed by atoms with E-state index in [1.54, 1.807) is 12.1 Å². The Morgan fingerprint density at radius 1 is 1.15 bits per heavy atom. The topological polar surface area (TPSA) is 75.4 Å². The van der Waals surface area contributed by atoms with Crippen LogP contribution in [0.3, 0.4) is 0 Å². The number of nitro benzene ring substituents is 1. The highest BCUT2D eigenvalue weighted by Gasteiger charge is 2.17. The molecule has 0 atom stereocenters. The number of halogens is 1. The zero-order valence-electron chi connectivity index (χ0n) is 10.5. The summed E-state index contributed by atoms with van der Waals surface area (Å²) < 4.78 is 0. The van der Waals surface area contributed by atoms with E-state index in [1.165, 1.54) is 6.07 Å². The van der Waals surface area contributed by atoms with Gasteiger partial charge in [0.1, 0.15) is 10.7 Å². The number of para-hydroxylation sites is 1. The molecule has 0 heterocycles. The summed E-state index contributed by atoms with van der Waals surface area (Å²) in [4.78, 5) is 10.5. The molecule has 0 spiro atoms. The Bertz CT molecular complexity index is 614. The van der Waals surface area contributed by atoms with Crippen molar-refractivity contribution in [2.45, 2.75) is 13.2 Å². The van der Waals surface area contributed by atoms with Crippen LogP contribution >= 0.6 is 11.6 Å². The average Bonchev–Trinajstić information content (AvgIpc) is 2.45. The third kappa shape index (κ3) is 3.26. The van der Waals surface area contributed by atoms with Crippen LogP contribution in [0.1, 0.15) is 11.1 Å². The molecule has 0 fully saturated rings. The van der Waals surface area contributed by atoms with Crippen LogP contribution in [0.4, 0.5) is 11.4 Å². The number of nitrogens with one attached hydrogen (secondary N) is 1. The smallest absolute Gasteiger partial charge is 0.310 e. The first kappa shape index (κ1) is 14.3. The number of hydrogen-bond donors (Lipinski definition) is 2. The molecule has 20 heavy (non-hydrogen) atoms. The molecule has 2 aromatic carbocycles. The second kappa shape index (κ2) is 6.36. The van der Waals surface area contributed by atoms with Gasteiger partial charge in [0.05, 0.1) is 11.5 Å². The molecule has 0 bridgehead atoms. The van der Waals surface area contributed by atoms with E-state index in [0.717, 1.165) is 11.1 Å². The number of rotatable bonds is 5. The molecule has 0 aliphatic rings. The van der Waals surface area contributed by atoms with Crippen LogP contribution in [-0.4, -0.2) is 10.0 Å². The van der Waals surface area contributed by atoms with E-state index in [2.05, 4.69) is 5.32 Å². The van der Waals surface area contributed by atoms with Crippen LogP contribution in [0.5, 0.6) is 0 Å². The summed E-state index contributed by atoms with van der Waals surface area (Å²) in [5.41, 5.74) is 2.04. The third-order valence-corrected chi connectivity index (χ3v) is 3.16. The Kier molecular flexibility index (Phi) is 4.55. The van der Waals surface area contributed by atoms with E-state index < -0.39 is 4.92 Å². The maximum Gasteiger partial charge on any atom is 0.310 e. The molecule has 0 unspecified atom stereocenters. The minimum atomic E-state index is -0.500. The normalized spacial score (nSPS) is 10.3. The van der Waals surface area contributed by atoms with Gasteiger partial charge in [-0.05, 0) is 23.3 Å². The van der Waals surface area contributed by atoms with Gasteiger partial charge in [-0.1, -0.05) is 41.9 Å². The Hall–Kier alpha value is -2.11. The second-order valence-corrected chi connectivity index (χ2v) is 4.63. The van der Waals surface area contributed by atoms with Gasteiger partial charge in [-0.3, -0.25) is 10.1 Å². The third-order valence-electron chi connectivity index (χ3n) is 2.86. The minimum absolute atomic E-state index is 0.00647. The summed E-state index contributed by atoms with van der Waals surface area (Å²) in [6, 6.07) is 12.1. The van der Waals surface area contributed by atoms with Crippen LogP contribution in [0.2, 0.25) is 5.02 Å².